The van der Waals surface area contributed by atoms with E-state index in [1.807, 2.05) is 12.1 Å². The van der Waals surface area contributed by atoms with E-state index in [0.29, 0.717) is 28.0 Å². The summed E-state index contributed by atoms with van der Waals surface area (Å²) in [4.78, 5) is 16.4. The second-order valence-electron chi connectivity index (χ2n) is 7.34. The van der Waals surface area contributed by atoms with Crippen molar-refractivity contribution in [1.29, 1.82) is 0 Å². The number of anilines is 2. The summed E-state index contributed by atoms with van der Waals surface area (Å²) in [6, 6.07) is 17.7. The van der Waals surface area contributed by atoms with Gasteiger partial charge in [-0.15, -0.1) is 0 Å². The van der Waals surface area contributed by atoms with Crippen molar-refractivity contribution in [3.63, 3.8) is 0 Å². The molecule has 2 amide bonds. The van der Waals surface area contributed by atoms with E-state index in [-0.39, 0.29) is 11.4 Å². The van der Waals surface area contributed by atoms with Gasteiger partial charge in [0, 0.05) is 16.9 Å². The van der Waals surface area contributed by atoms with Crippen molar-refractivity contribution in [2.45, 2.75) is 26.2 Å². The number of ether oxygens (including phenoxy) is 1. The standard InChI is InChI=1S/C22H22ClN3O2/c1-22(2,3)15-12-13-24-20(14-15)26-21(27)25-17-6-10-19(11-7-17)28-18-8-4-16(23)5-9-18/h4-14H,1-3H3,(H2,24,25,26,27). The van der Waals surface area contributed by atoms with Gasteiger partial charge in [0.2, 0.25) is 0 Å². The van der Waals surface area contributed by atoms with Gasteiger partial charge in [-0.2, -0.15) is 0 Å². The number of hydrogen-bond donors (Lipinski definition) is 2. The first-order valence-corrected chi connectivity index (χ1v) is 9.25. The Morgan fingerprint density at radius 1 is 0.929 bits per heavy atom. The molecule has 3 rings (SSSR count). The Hall–Kier alpha value is -3.05. The smallest absolute Gasteiger partial charge is 0.324 e. The number of aromatic nitrogens is 1. The van der Waals surface area contributed by atoms with E-state index in [9.17, 15) is 4.79 Å². The number of amides is 2. The van der Waals surface area contributed by atoms with Gasteiger partial charge in [0.05, 0.1) is 0 Å². The topological polar surface area (TPSA) is 63.2 Å². The molecule has 1 aromatic heterocycles. The lowest BCUT2D eigenvalue weighted by atomic mass is 9.88. The fourth-order valence-electron chi connectivity index (χ4n) is 2.49. The number of pyridine rings is 1. The van der Waals surface area contributed by atoms with E-state index in [1.54, 1.807) is 54.7 Å². The van der Waals surface area contributed by atoms with Crippen molar-refractivity contribution in [3.8, 4) is 11.5 Å². The lowest BCUT2D eigenvalue weighted by Crippen LogP contribution is -2.21. The molecule has 28 heavy (non-hydrogen) atoms. The molecule has 0 bridgehead atoms. The van der Waals surface area contributed by atoms with Crippen LogP contribution in [0.15, 0.2) is 66.9 Å². The lowest BCUT2D eigenvalue weighted by molar-refractivity contribution is 0.262. The lowest BCUT2D eigenvalue weighted by Gasteiger charge is -2.19. The van der Waals surface area contributed by atoms with Crippen molar-refractivity contribution in [2.24, 2.45) is 0 Å². The van der Waals surface area contributed by atoms with Crippen LogP contribution in [0.4, 0.5) is 16.3 Å². The van der Waals surface area contributed by atoms with Crippen LogP contribution in [0, 0.1) is 0 Å². The van der Waals surface area contributed by atoms with Crippen molar-refractivity contribution in [2.75, 3.05) is 10.6 Å². The van der Waals surface area contributed by atoms with Crippen LogP contribution in [-0.2, 0) is 5.41 Å². The van der Waals surface area contributed by atoms with Crippen LogP contribution in [0.2, 0.25) is 5.02 Å². The first kappa shape index (κ1) is 19.7. The van der Waals surface area contributed by atoms with Crippen molar-refractivity contribution in [3.05, 3.63) is 77.4 Å². The second-order valence-corrected chi connectivity index (χ2v) is 7.78. The van der Waals surface area contributed by atoms with Gasteiger partial charge in [0.1, 0.15) is 17.3 Å². The maximum Gasteiger partial charge on any atom is 0.324 e. The normalized spacial score (nSPS) is 11.0. The number of carbonyl (C=O) groups is 1. The Morgan fingerprint density at radius 2 is 1.54 bits per heavy atom. The molecule has 0 saturated carbocycles. The summed E-state index contributed by atoms with van der Waals surface area (Å²) < 4.78 is 5.74. The third-order valence-electron chi connectivity index (χ3n) is 4.03. The highest BCUT2D eigenvalue weighted by Crippen LogP contribution is 2.25. The molecule has 0 saturated heterocycles. The summed E-state index contributed by atoms with van der Waals surface area (Å²) in [5, 5.41) is 6.19. The van der Waals surface area contributed by atoms with E-state index in [0.717, 1.165) is 5.56 Å². The zero-order valence-electron chi connectivity index (χ0n) is 16.0. The molecule has 6 heteroatoms. The van der Waals surface area contributed by atoms with E-state index in [4.69, 9.17) is 16.3 Å². The number of benzene rings is 2. The Morgan fingerprint density at radius 3 is 2.14 bits per heavy atom. The van der Waals surface area contributed by atoms with Crippen LogP contribution in [0.1, 0.15) is 26.3 Å². The fourth-order valence-corrected chi connectivity index (χ4v) is 2.62. The maximum absolute atomic E-state index is 12.2. The Bertz CT molecular complexity index is 949. The highest BCUT2D eigenvalue weighted by molar-refractivity contribution is 6.30. The number of nitrogens with zero attached hydrogens (tertiary/aromatic N) is 1. The third kappa shape index (κ3) is 5.47. The molecule has 2 N–H and O–H groups in total. The monoisotopic (exact) mass is 395 g/mol. The zero-order valence-corrected chi connectivity index (χ0v) is 16.7. The van der Waals surface area contributed by atoms with Gasteiger partial charge in [-0.05, 0) is 71.6 Å². The van der Waals surface area contributed by atoms with Gasteiger partial charge in [-0.25, -0.2) is 9.78 Å². The molecular weight excluding hydrogens is 374 g/mol. The highest BCUT2D eigenvalue weighted by Gasteiger charge is 2.14. The van der Waals surface area contributed by atoms with E-state index in [2.05, 4.69) is 36.4 Å². The van der Waals surface area contributed by atoms with Gasteiger partial charge in [0.25, 0.3) is 0 Å². The Labute approximate surface area is 169 Å². The predicted octanol–water partition coefficient (Wildman–Crippen LogP) is 6.47. The molecule has 144 valence electrons. The summed E-state index contributed by atoms with van der Waals surface area (Å²) in [7, 11) is 0. The van der Waals surface area contributed by atoms with Gasteiger partial charge in [-0.1, -0.05) is 32.4 Å². The largest absolute Gasteiger partial charge is 0.457 e. The van der Waals surface area contributed by atoms with Gasteiger partial charge >= 0.3 is 6.03 Å². The molecule has 0 fully saturated rings. The molecule has 1 heterocycles. The summed E-state index contributed by atoms with van der Waals surface area (Å²) in [6.45, 7) is 6.33. The molecule has 3 aromatic rings. The molecular formula is C22H22ClN3O2. The van der Waals surface area contributed by atoms with E-state index < -0.39 is 0 Å². The first-order valence-electron chi connectivity index (χ1n) is 8.88. The predicted molar refractivity (Wildman–Crippen MR) is 114 cm³/mol. The van der Waals surface area contributed by atoms with Crippen molar-refractivity contribution < 1.29 is 9.53 Å². The second kappa shape index (κ2) is 8.31. The van der Waals surface area contributed by atoms with Crippen LogP contribution in [0.3, 0.4) is 0 Å². The third-order valence-corrected chi connectivity index (χ3v) is 4.28. The summed E-state index contributed by atoms with van der Waals surface area (Å²) in [6.07, 6.45) is 1.69. The molecule has 0 aliphatic carbocycles. The zero-order chi connectivity index (χ0) is 20.1. The number of carbonyl (C=O) groups excluding carboxylic acids is 1. The molecule has 0 aliphatic heterocycles. The minimum Gasteiger partial charge on any atom is -0.457 e. The summed E-state index contributed by atoms with van der Waals surface area (Å²) >= 11 is 5.87. The summed E-state index contributed by atoms with van der Waals surface area (Å²) in [5.41, 5.74) is 1.73. The van der Waals surface area contributed by atoms with Gasteiger partial charge in [0.15, 0.2) is 0 Å². The number of urea groups is 1. The van der Waals surface area contributed by atoms with Crippen molar-refractivity contribution >= 4 is 29.1 Å². The number of nitrogens with one attached hydrogen (secondary N) is 2. The van der Waals surface area contributed by atoms with Crippen LogP contribution in [0.5, 0.6) is 11.5 Å². The van der Waals surface area contributed by atoms with E-state index >= 15 is 0 Å². The number of rotatable bonds is 4. The molecule has 2 aromatic carbocycles. The highest BCUT2D eigenvalue weighted by atomic mass is 35.5. The molecule has 0 spiro atoms. The quantitative estimate of drug-likeness (QED) is 0.532. The minimum absolute atomic E-state index is 0.0181. The number of hydrogen-bond acceptors (Lipinski definition) is 3. The molecule has 0 radical (unpaired) electrons. The van der Waals surface area contributed by atoms with Crippen LogP contribution >= 0.6 is 11.6 Å². The molecule has 5 nitrogen and oxygen atoms in total. The average molecular weight is 396 g/mol. The van der Waals surface area contributed by atoms with E-state index in [1.165, 1.54) is 0 Å². The molecule has 0 unspecified atom stereocenters. The minimum atomic E-state index is -0.357. The van der Waals surface area contributed by atoms with Crippen LogP contribution in [-0.4, -0.2) is 11.0 Å². The Kier molecular flexibility index (Phi) is 5.85. The number of halogens is 1. The van der Waals surface area contributed by atoms with Crippen LogP contribution < -0.4 is 15.4 Å². The van der Waals surface area contributed by atoms with Gasteiger partial charge in [-0.3, -0.25) is 5.32 Å². The molecule has 0 atom stereocenters. The fraction of sp³-hybridized carbons (Fsp3) is 0.182. The van der Waals surface area contributed by atoms with Crippen molar-refractivity contribution in [1.82, 2.24) is 4.98 Å². The summed E-state index contributed by atoms with van der Waals surface area (Å²) in [5.74, 6) is 1.85. The SMILES string of the molecule is CC(C)(C)c1ccnc(NC(=O)Nc2ccc(Oc3ccc(Cl)cc3)cc2)c1. The molecule has 0 aliphatic rings. The first-order chi connectivity index (χ1) is 13.3. The average Bonchev–Trinajstić information content (AvgIpc) is 2.65. The maximum atomic E-state index is 12.2. The van der Waals surface area contributed by atoms with Gasteiger partial charge < -0.3 is 10.1 Å². The Balaban J connectivity index is 1.59. The van der Waals surface area contributed by atoms with Crippen LogP contribution in [0.25, 0.3) is 0 Å².